The Bertz CT molecular complexity index is 460. The van der Waals surface area contributed by atoms with Crippen molar-refractivity contribution < 1.29 is 4.43 Å². The molecule has 0 aromatic heterocycles. The first-order chi connectivity index (χ1) is 9.19. The molecular formula is C17H27ClOSi. The smallest absolute Gasteiger partial charge is 0.192 e. The van der Waals surface area contributed by atoms with Gasteiger partial charge in [-0.2, -0.15) is 0 Å². The Morgan fingerprint density at radius 3 is 2.35 bits per heavy atom. The van der Waals surface area contributed by atoms with Gasteiger partial charge in [0, 0.05) is 5.02 Å². The maximum Gasteiger partial charge on any atom is 0.192 e. The highest BCUT2D eigenvalue weighted by atomic mass is 35.5. The molecule has 0 radical (unpaired) electrons. The fourth-order valence-electron chi connectivity index (χ4n) is 1.77. The van der Waals surface area contributed by atoms with Crippen LogP contribution < -0.4 is 0 Å². The van der Waals surface area contributed by atoms with Crippen LogP contribution in [0.5, 0.6) is 0 Å². The van der Waals surface area contributed by atoms with E-state index in [-0.39, 0.29) is 11.1 Å². The van der Waals surface area contributed by atoms with Gasteiger partial charge < -0.3 is 4.43 Å². The second-order valence-corrected chi connectivity index (χ2v) is 11.9. The zero-order chi connectivity index (χ0) is 15.4. The van der Waals surface area contributed by atoms with Crippen LogP contribution in [0, 0.1) is 0 Å². The summed E-state index contributed by atoms with van der Waals surface area (Å²) >= 11 is 6.35. The summed E-state index contributed by atoms with van der Waals surface area (Å²) in [6, 6.07) is 8.00. The molecule has 0 fully saturated rings. The van der Waals surface area contributed by atoms with Crippen LogP contribution in [0.3, 0.4) is 0 Å². The van der Waals surface area contributed by atoms with Gasteiger partial charge in [0.2, 0.25) is 0 Å². The van der Waals surface area contributed by atoms with E-state index >= 15 is 0 Å². The highest BCUT2D eigenvalue weighted by Crippen LogP contribution is 2.41. The number of allylic oxidation sites excluding steroid dienone is 1. The lowest BCUT2D eigenvalue weighted by atomic mass is 10.1. The van der Waals surface area contributed by atoms with Gasteiger partial charge in [0.15, 0.2) is 8.32 Å². The number of halogens is 1. The van der Waals surface area contributed by atoms with E-state index in [1.54, 1.807) is 0 Å². The lowest BCUT2D eigenvalue weighted by Gasteiger charge is -2.39. The molecule has 1 rings (SSSR count). The van der Waals surface area contributed by atoms with E-state index in [2.05, 4.69) is 52.1 Å². The van der Waals surface area contributed by atoms with Gasteiger partial charge >= 0.3 is 0 Å². The van der Waals surface area contributed by atoms with Crippen molar-refractivity contribution in [2.45, 2.75) is 58.4 Å². The first-order valence-corrected chi connectivity index (χ1v) is 10.5. The summed E-state index contributed by atoms with van der Waals surface area (Å²) in [4.78, 5) is 0. The van der Waals surface area contributed by atoms with Crippen LogP contribution in [0.1, 0.15) is 45.8 Å². The predicted octanol–water partition coefficient (Wildman–Crippen LogP) is 6.37. The van der Waals surface area contributed by atoms with Gasteiger partial charge in [0.25, 0.3) is 0 Å². The third kappa shape index (κ3) is 4.47. The van der Waals surface area contributed by atoms with Gasteiger partial charge in [-0.1, -0.05) is 62.7 Å². The van der Waals surface area contributed by atoms with Crippen LogP contribution in [0.25, 0.3) is 0 Å². The van der Waals surface area contributed by atoms with E-state index in [0.717, 1.165) is 17.0 Å². The van der Waals surface area contributed by atoms with Gasteiger partial charge in [-0.3, -0.25) is 0 Å². The van der Waals surface area contributed by atoms with Crippen molar-refractivity contribution in [3.8, 4) is 0 Å². The normalized spacial score (nSPS) is 14.8. The zero-order valence-corrected chi connectivity index (χ0v) is 15.3. The first kappa shape index (κ1) is 17.5. The van der Waals surface area contributed by atoms with Crippen LogP contribution in [0.15, 0.2) is 36.4 Å². The molecule has 3 heteroatoms. The summed E-state index contributed by atoms with van der Waals surface area (Å²) in [7, 11) is -1.82. The van der Waals surface area contributed by atoms with Crippen LogP contribution in [-0.4, -0.2) is 8.32 Å². The minimum absolute atomic E-state index is 0.0424. The van der Waals surface area contributed by atoms with E-state index in [4.69, 9.17) is 16.0 Å². The second-order valence-electron chi connectivity index (χ2n) is 6.69. The molecule has 0 unspecified atom stereocenters. The molecule has 0 aliphatic carbocycles. The van der Waals surface area contributed by atoms with Gasteiger partial charge in [-0.05, 0) is 43.1 Å². The molecule has 0 spiro atoms. The van der Waals surface area contributed by atoms with Crippen molar-refractivity contribution >= 4 is 19.9 Å². The Hall–Kier alpha value is -0.573. The molecule has 0 N–H and O–H groups in total. The topological polar surface area (TPSA) is 9.23 Å². The van der Waals surface area contributed by atoms with E-state index in [9.17, 15) is 0 Å². The Morgan fingerprint density at radius 2 is 1.85 bits per heavy atom. The van der Waals surface area contributed by atoms with Crippen molar-refractivity contribution in [1.82, 2.24) is 0 Å². The summed E-state index contributed by atoms with van der Waals surface area (Å²) in [6.45, 7) is 13.4. The SMILES string of the molecule is C/C=C/C[C@H](O[Si](C)(C)C(C)(C)C)c1ccccc1Cl. The molecule has 1 aromatic carbocycles. The van der Waals surface area contributed by atoms with Crippen molar-refractivity contribution in [2.24, 2.45) is 0 Å². The van der Waals surface area contributed by atoms with Gasteiger partial charge in [0.1, 0.15) is 0 Å². The van der Waals surface area contributed by atoms with Gasteiger partial charge in [0.05, 0.1) is 6.10 Å². The minimum Gasteiger partial charge on any atom is -0.410 e. The van der Waals surface area contributed by atoms with Crippen LogP contribution in [0.2, 0.25) is 23.2 Å². The number of hydrogen-bond acceptors (Lipinski definition) is 1. The third-order valence-corrected chi connectivity index (χ3v) is 8.91. The average molecular weight is 311 g/mol. The van der Waals surface area contributed by atoms with Gasteiger partial charge in [-0.15, -0.1) is 0 Å². The monoisotopic (exact) mass is 310 g/mol. The van der Waals surface area contributed by atoms with Crippen molar-refractivity contribution in [3.63, 3.8) is 0 Å². The molecule has 0 aliphatic heterocycles. The molecule has 20 heavy (non-hydrogen) atoms. The summed E-state index contributed by atoms with van der Waals surface area (Å²) in [5.74, 6) is 0. The van der Waals surface area contributed by atoms with Crippen molar-refractivity contribution in [3.05, 3.63) is 47.0 Å². The fraction of sp³-hybridized carbons (Fsp3) is 0.529. The molecule has 0 saturated carbocycles. The van der Waals surface area contributed by atoms with E-state index in [1.807, 2.05) is 25.1 Å². The van der Waals surface area contributed by atoms with E-state index in [0.29, 0.717) is 0 Å². The molecule has 0 aliphatic rings. The minimum atomic E-state index is -1.82. The molecular weight excluding hydrogens is 284 g/mol. The van der Waals surface area contributed by atoms with E-state index in [1.165, 1.54) is 0 Å². The molecule has 1 nitrogen and oxygen atoms in total. The molecule has 0 saturated heterocycles. The maximum absolute atomic E-state index is 6.57. The number of hydrogen-bond donors (Lipinski definition) is 0. The molecule has 0 bridgehead atoms. The molecule has 1 atom stereocenters. The van der Waals surface area contributed by atoms with Crippen molar-refractivity contribution in [2.75, 3.05) is 0 Å². The lowest BCUT2D eigenvalue weighted by molar-refractivity contribution is 0.187. The largest absolute Gasteiger partial charge is 0.410 e. The summed E-state index contributed by atoms with van der Waals surface area (Å²) < 4.78 is 6.57. The lowest BCUT2D eigenvalue weighted by Crippen LogP contribution is -2.41. The number of rotatable bonds is 5. The Morgan fingerprint density at radius 1 is 1.25 bits per heavy atom. The highest BCUT2D eigenvalue weighted by Gasteiger charge is 2.39. The fourth-order valence-corrected chi connectivity index (χ4v) is 3.31. The first-order valence-electron chi connectivity index (χ1n) is 7.22. The zero-order valence-electron chi connectivity index (χ0n) is 13.5. The summed E-state index contributed by atoms with van der Waals surface area (Å²) in [5.41, 5.74) is 1.09. The third-order valence-electron chi connectivity index (χ3n) is 4.08. The number of benzene rings is 1. The predicted molar refractivity (Wildman–Crippen MR) is 91.9 cm³/mol. The van der Waals surface area contributed by atoms with Crippen LogP contribution in [0.4, 0.5) is 0 Å². The maximum atomic E-state index is 6.57. The standard InChI is InChI=1S/C17H27ClOSi/c1-7-8-13-16(14-11-9-10-12-15(14)18)19-20(5,6)17(2,3)4/h7-12,16H,13H2,1-6H3/b8-7+/t16-/m0/s1. The Labute approximate surface area is 130 Å². The summed E-state index contributed by atoms with van der Waals surface area (Å²) in [6.07, 6.45) is 5.13. The summed E-state index contributed by atoms with van der Waals surface area (Å²) in [5, 5.41) is 0.989. The average Bonchev–Trinajstić information content (AvgIpc) is 2.33. The molecule has 0 amide bonds. The highest BCUT2D eigenvalue weighted by molar-refractivity contribution is 6.74. The van der Waals surface area contributed by atoms with Gasteiger partial charge in [-0.25, -0.2) is 0 Å². The molecule has 0 heterocycles. The Balaban J connectivity index is 3.06. The van der Waals surface area contributed by atoms with Crippen LogP contribution >= 0.6 is 11.6 Å². The molecule has 112 valence electrons. The van der Waals surface area contributed by atoms with Crippen molar-refractivity contribution in [1.29, 1.82) is 0 Å². The van der Waals surface area contributed by atoms with Crippen LogP contribution in [-0.2, 0) is 4.43 Å². The van der Waals surface area contributed by atoms with E-state index < -0.39 is 8.32 Å². The second kappa shape index (κ2) is 6.93. The quantitative estimate of drug-likeness (QED) is 0.453. The Kier molecular flexibility index (Phi) is 6.05. The molecule has 1 aromatic rings.